The number of pyridine rings is 2. The number of rotatable bonds is 9. The van der Waals surface area contributed by atoms with Crippen LogP contribution < -0.4 is 10.3 Å². The van der Waals surface area contributed by atoms with E-state index in [2.05, 4.69) is 26.5 Å². The molecule has 1 saturated carbocycles. The third-order valence-corrected chi connectivity index (χ3v) is 6.80. The maximum atomic E-state index is 13.9. The minimum Gasteiger partial charge on any atom is -0.485 e. The molecule has 3 heterocycles. The monoisotopic (exact) mass is 541 g/mol. The smallest absolute Gasteiger partial charge is 0.277 e. The molecule has 38 heavy (non-hydrogen) atoms. The molecular formula is C27H26ClF2N5O3. The van der Waals surface area contributed by atoms with Crippen LogP contribution in [0.15, 0.2) is 52.5 Å². The SMILES string of the molecule is C=C(/N=C\C(C)=C(/C)n1c(C)cc(OCc2ncc(F)cc2F)c(Cl)c1=O)c1ccnc(C2(CO)CC2)n1. The van der Waals surface area contributed by atoms with Crippen LogP contribution in [0.1, 0.15) is 49.6 Å². The Kier molecular flexibility index (Phi) is 7.84. The molecule has 1 fully saturated rings. The van der Waals surface area contributed by atoms with Crippen LogP contribution in [-0.4, -0.2) is 37.4 Å². The molecule has 11 heteroatoms. The molecule has 3 aromatic heterocycles. The Morgan fingerprint density at radius 1 is 1.32 bits per heavy atom. The molecule has 0 unspecified atom stereocenters. The summed E-state index contributed by atoms with van der Waals surface area (Å²) in [5.74, 6) is -1.03. The van der Waals surface area contributed by atoms with Gasteiger partial charge < -0.3 is 9.84 Å². The number of aryl methyl sites for hydroxylation is 1. The number of nitrogens with zero attached hydrogens (tertiary/aromatic N) is 5. The fraction of sp³-hybridized carbons (Fsp3) is 0.296. The first kappa shape index (κ1) is 27.3. The summed E-state index contributed by atoms with van der Waals surface area (Å²) in [5, 5.41) is 9.46. The molecule has 0 amide bonds. The Balaban J connectivity index is 1.54. The summed E-state index contributed by atoms with van der Waals surface area (Å²) < 4.78 is 33.9. The number of aliphatic hydroxyl groups is 1. The van der Waals surface area contributed by atoms with Crippen molar-refractivity contribution < 1.29 is 18.6 Å². The zero-order chi connectivity index (χ0) is 27.6. The van der Waals surface area contributed by atoms with Crippen LogP contribution in [0, 0.1) is 18.6 Å². The summed E-state index contributed by atoms with van der Waals surface area (Å²) in [4.78, 5) is 30.0. The summed E-state index contributed by atoms with van der Waals surface area (Å²) >= 11 is 6.29. The van der Waals surface area contributed by atoms with Gasteiger partial charge in [-0.05, 0) is 45.3 Å². The van der Waals surface area contributed by atoms with Crippen LogP contribution in [0.5, 0.6) is 5.75 Å². The lowest BCUT2D eigenvalue weighted by molar-refractivity contribution is 0.249. The molecule has 198 valence electrons. The van der Waals surface area contributed by atoms with Gasteiger partial charge in [0.25, 0.3) is 5.56 Å². The fourth-order valence-electron chi connectivity index (χ4n) is 3.79. The van der Waals surface area contributed by atoms with E-state index in [4.69, 9.17) is 16.3 Å². The molecular weight excluding hydrogens is 516 g/mol. The number of aromatic nitrogens is 4. The average molecular weight is 542 g/mol. The Bertz CT molecular complexity index is 1530. The average Bonchev–Trinajstić information content (AvgIpc) is 3.70. The van der Waals surface area contributed by atoms with Crippen molar-refractivity contribution in [3.05, 3.63) is 92.7 Å². The molecule has 0 aliphatic heterocycles. The van der Waals surface area contributed by atoms with Gasteiger partial charge in [0.15, 0.2) is 5.82 Å². The quantitative estimate of drug-likeness (QED) is 0.388. The van der Waals surface area contributed by atoms with Gasteiger partial charge in [0.1, 0.15) is 34.7 Å². The number of aliphatic hydroxyl groups excluding tert-OH is 1. The Labute approximate surface area is 223 Å². The van der Waals surface area contributed by atoms with E-state index in [1.807, 2.05) is 0 Å². The second kappa shape index (κ2) is 10.9. The molecule has 1 aliphatic rings. The maximum Gasteiger partial charge on any atom is 0.277 e. The van der Waals surface area contributed by atoms with Crippen molar-refractivity contribution in [2.75, 3.05) is 6.61 Å². The van der Waals surface area contributed by atoms with Gasteiger partial charge in [-0.2, -0.15) is 0 Å². The second-order valence-electron chi connectivity index (χ2n) is 9.15. The van der Waals surface area contributed by atoms with Crippen LogP contribution in [0.2, 0.25) is 5.02 Å². The Morgan fingerprint density at radius 3 is 2.71 bits per heavy atom. The minimum atomic E-state index is -0.861. The number of hydrogen-bond donors (Lipinski definition) is 1. The Morgan fingerprint density at radius 2 is 2.05 bits per heavy atom. The molecule has 0 saturated heterocycles. The van der Waals surface area contributed by atoms with Crippen LogP contribution >= 0.6 is 11.6 Å². The van der Waals surface area contributed by atoms with Crippen molar-refractivity contribution in [2.24, 2.45) is 4.99 Å². The van der Waals surface area contributed by atoms with Gasteiger partial charge in [0, 0.05) is 35.9 Å². The molecule has 4 rings (SSSR count). The highest BCUT2D eigenvalue weighted by Crippen LogP contribution is 2.46. The van der Waals surface area contributed by atoms with Crippen LogP contribution in [0.4, 0.5) is 8.78 Å². The van der Waals surface area contributed by atoms with Crippen molar-refractivity contribution in [1.29, 1.82) is 0 Å². The summed E-state index contributed by atoms with van der Waals surface area (Å²) in [6.07, 6.45) is 5.75. The van der Waals surface area contributed by atoms with Gasteiger partial charge in [-0.15, -0.1) is 0 Å². The van der Waals surface area contributed by atoms with Crippen molar-refractivity contribution in [2.45, 2.75) is 45.6 Å². The molecule has 3 aromatic rings. The zero-order valence-corrected chi connectivity index (χ0v) is 21.9. The first-order valence-corrected chi connectivity index (χ1v) is 12.1. The first-order chi connectivity index (χ1) is 18.1. The standard InChI is InChI=1S/C27H26ClF2N5O3/c1-15(11-32-17(3)21-5-8-31-26(34-21)27(14-36)6-7-27)18(4)35-16(2)9-23(24(28)25(35)37)38-13-22-20(30)10-19(29)12-33-22/h5,8-12,36H,3,6-7,13-14H2,1-2,4H3/b18-15+,32-11-. The lowest BCUT2D eigenvalue weighted by Gasteiger charge is -2.16. The van der Waals surface area contributed by atoms with Crippen molar-refractivity contribution in [1.82, 2.24) is 19.5 Å². The molecule has 8 nitrogen and oxygen atoms in total. The zero-order valence-electron chi connectivity index (χ0n) is 21.1. The molecule has 0 radical (unpaired) electrons. The number of allylic oxidation sites excluding steroid dienone is 2. The number of hydrogen-bond acceptors (Lipinski definition) is 7. The number of halogens is 3. The number of aliphatic imine (C=N–C) groups is 1. The lowest BCUT2D eigenvalue weighted by atomic mass is 10.1. The van der Waals surface area contributed by atoms with Gasteiger partial charge in [0.2, 0.25) is 0 Å². The van der Waals surface area contributed by atoms with E-state index >= 15 is 0 Å². The van der Waals surface area contributed by atoms with Crippen molar-refractivity contribution in [3.63, 3.8) is 0 Å². The van der Waals surface area contributed by atoms with E-state index in [1.165, 1.54) is 4.57 Å². The highest BCUT2D eigenvalue weighted by atomic mass is 35.5. The Hall–Kier alpha value is -3.76. The van der Waals surface area contributed by atoms with E-state index in [0.717, 1.165) is 19.0 Å². The van der Waals surface area contributed by atoms with E-state index in [9.17, 15) is 18.7 Å². The van der Waals surface area contributed by atoms with Gasteiger partial charge in [-0.3, -0.25) is 19.3 Å². The minimum absolute atomic E-state index is 0.00621. The van der Waals surface area contributed by atoms with Gasteiger partial charge in [0.05, 0.1) is 29.6 Å². The second-order valence-corrected chi connectivity index (χ2v) is 9.53. The summed E-state index contributed by atoms with van der Waals surface area (Å²) in [6, 6.07) is 3.95. The third-order valence-electron chi connectivity index (χ3n) is 6.45. The van der Waals surface area contributed by atoms with Gasteiger partial charge in [-0.25, -0.2) is 18.7 Å². The van der Waals surface area contributed by atoms with Crippen LogP contribution in [0.3, 0.4) is 0 Å². The van der Waals surface area contributed by atoms with Crippen LogP contribution in [0.25, 0.3) is 11.4 Å². The highest BCUT2D eigenvalue weighted by molar-refractivity contribution is 6.31. The predicted octanol–water partition coefficient (Wildman–Crippen LogP) is 4.87. The van der Waals surface area contributed by atoms with Crippen molar-refractivity contribution >= 4 is 29.2 Å². The van der Waals surface area contributed by atoms with E-state index in [0.29, 0.717) is 40.2 Å². The summed E-state index contributed by atoms with van der Waals surface area (Å²) in [6.45, 7) is 8.88. The molecule has 0 atom stereocenters. The predicted molar refractivity (Wildman–Crippen MR) is 141 cm³/mol. The summed E-state index contributed by atoms with van der Waals surface area (Å²) in [5.41, 5.74) is 1.69. The largest absolute Gasteiger partial charge is 0.485 e. The molecule has 1 N–H and O–H groups in total. The van der Waals surface area contributed by atoms with E-state index in [1.54, 1.807) is 45.3 Å². The van der Waals surface area contributed by atoms with Gasteiger partial charge >= 0.3 is 0 Å². The third kappa shape index (κ3) is 5.56. The van der Waals surface area contributed by atoms with E-state index < -0.39 is 17.2 Å². The summed E-state index contributed by atoms with van der Waals surface area (Å²) in [7, 11) is 0. The lowest BCUT2D eigenvalue weighted by Crippen LogP contribution is -2.23. The molecule has 0 aromatic carbocycles. The normalized spacial score (nSPS) is 14.9. The topological polar surface area (TPSA) is 102 Å². The van der Waals surface area contributed by atoms with Crippen LogP contribution in [-0.2, 0) is 12.0 Å². The van der Waals surface area contributed by atoms with Crippen molar-refractivity contribution in [3.8, 4) is 5.75 Å². The van der Waals surface area contributed by atoms with E-state index in [-0.39, 0.29) is 35.1 Å². The fourth-order valence-corrected chi connectivity index (χ4v) is 3.98. The number of ether oxygens (including phenoxy) is 1. The molecule has 1 aliphatic carbocycles. The molecule has 0 bridgehead atoms. The van der Waals surface area contributed by atoms with Gasteiger partial charge in [-0.1, -0.05) is 18.2 Å². The highest BCUT2D eigenvalue weighted by Gasteiger charge is 2.46. The molecule has 0 spiro atoms. The first-order valence-electron chi connectivity index (χ1n) is 11.8. The maximum absolute atomic E-state index is 13.9.